The minimum atomic E-state index is -0.333. The molecule has 0 aromatic heterocycles. The average molecular weight is 339 g/mol. The smallest absolute Gasteiger partial charge is 0.310 e. The van der Waals surface area contributed by atoms with Crippen molar-refractivity contribution in [2.75, 3.05) is 32.8 Å². The van der Waals surface area contributed by atoms with E-state index in [0.29, 0.717) is 26.2 Å². The van der Waals surface area contributed by atoms with Gasteiger partial charge in [-0.05, 0) is 46.1 Å². The minimum absolute atomic E-state index is 0.0189. The molecule has 2 rings (SSSR count). The highest BCUT2D eigenvalue weighted by Crippen LogP contribution is 2.22. The van der Waals surface area contributed by atoms with Gasteiger partial charge in [0.1, 0.15) is 0 Å². The molecule has 0 radical (unpaired) electrons. The Kier molecular flexibility index (Phi) is 6.60. The summed E-state index contributed by atoms with van der Waals surface area (Å²) in [6.07, 6.45) is 3.24. The Balaban J connectivity index is 1.94. The van der Waals surface area contributed by atoms with E-state index in [1.165, 1.54) is 0 Å². The number of piperidine rings is 2. The number of esters is 1. The van der Waals surface area contributed by atoms with Crippen LogP contribution in [0.15, 0.2) is 0 Å². The van der Waals surface area contributed by atoms with Crippen LogP contribution in [0, 0.1) is 11.8 Å². The molecule has 2 heterocycles. The maximum atomic E-state index is 12.8. The molecule has 136 valence electrons. The van der Waals surface area contributed by atoms with Crippen LogP contribution >= 0.6 is 0 Å². The van der Waals surface area contributed by atoms with Crippen LogP contribution < -0.4 is 5.73 Å². The zero-order valence-electron chi connectivity index (χ0n) is 14.7. The van der Waals surface area contributed by atoms with Gasteiger partial charge in [-0.25, -0.2) is 0 Å². The first-order valence-corrected chi connectivity index (χ1v) is 8.92. The number of hydrogen-bond donors (Lipinski definition) is 1. The third-order valence-electron chi connectivity index (χ3n) is 5.11. The van der Waals surface area contributed by atoms with E-state index in [1.807, 2.05) is 6.92 Å². The summed E-state index contributed by atoms with van der Waals surface area (Å²) in [5.74, 6) is -0.892. The largest absolute Gasteiger partial charge is 0.466 e. The number of primary amides is 1. The lowest BCUT2D eigenvalue weighted by atomic mass is 9.95. The summed E-state index contributed by atoms with van der Waals surface area (Å²) in [7, 11) is 0. The Labute approximate surface area is 143 Å². The highest BCUT2D eigenvalue weighted by Gasteiger charge is 2.35. The van der Waals surface area contributed by atoms with Crippen molar-refractivity contribution in [2.45, 2.75) is 45.6 Å². The van der Waals surface area contributed by atoms with Crippen molar-refractivity contribution < 1.29 is 19.1 Å². The number of rotatable bonds is 5. The van der Waals surface area contributed by atoms with E-state index in [4.69, 9.17) is 10.5 Å². The number of carbonyl (C=O) groups excluding carboxylic acids is 3. The highest BCUT2D eigenvalue weighted by molar-refractivity contribution is 5.83. The molecule has 7 heteroatoms. The Morgan fingerprint density at radius 2 is 1.79 bits per heavy atom. The molecule has 0 bridgehead atoms. The van der Waals surface area contributed by atoms with Crippen LogP contribution in [0.1, 0.15) is 39.5 Å². The second-order valence-corrected chi connectivity index (χ2v) is 6.79. The van der Waals surface area contributed by atoms with Crippen molar-refractivity contribution >= 4 is 17.8 Å². The van der Waals surface area contributed by atoms with Crippen molar-refractivity contribution in [2.24, 2.45) is 17.6 Å². The molecule has 0 saturated carbocycles. The lowest BCUT2D eigenvalue weighted by molar-refractivity contribution is -0.152. The Morgan fingerprint density at radius 1 is 1.12 bits per heavy atom. The van der Waals surface area contributed by atoms with Gasteiger partial charge in [0.05, 0.1) is 24.5 Å². The van der Waals surface area contributed by atoms with Gasteiger partial charge >= 0.3 is 5.97 Å². The first-order valence-electron chi connectivity index (χ1n) is 8.92. The van der Waals surface area contributed by atoms with Gasteiger partial charge in [-0.1, -0.05) is 0 Å². The van der Waals surface area contributed by atoms with Crippen molar-refractivity contribution in [3.8, 4) is 0 Å². The molecule has 2 fully saturated rings. The first kappa shape index (κ1) is 18.7. The monoisotopic (exact) mass is 339 g/mol. The van der Waals surface area contributed by atoms with Gasteiger partial charge in [-0.3, -0.25) is 19.3 Å². The lowest BCUT2D eigenvalue weighted by Crippen LogP contribution is -2.54. The van der Waals surface area contributed by atoms with E-state index in [-0.39, 0.29) is 35.7 Å². The normalized spacial score (nSPS) is 26.7. The molecule has 7 nitrogen and oxygen atoms in total. The van der Waals surface area contributed by atoms with Crippen LogP contribution in [0.4, 0.5) is 0 Å². The fourth-order valence-electron chi connectivity index (χ4n) is 3.64. The highest BCUT2D eigenvalue weighted by atomic mass is 16.5. The number of nitrogens with zero attached hydrogens (tertiary/aromatic N) is 2. The van der Waals surface area contributed by atoms with Crippen LogP contribution in [-0.4, -0.2) is 66.4 Å². The van der Waals surface area contributed by atoms with E-state index in [9.17, 15) is 14.4 Å². The first-order chi connectivity index (χ1) is 11.4. The topological polar surface area (TPSA) is 92.9 Å². The zero-order valence-corrected chi connectivity index (χ0v) is 14.7. The Hall–Kier alpha value is -1.63. The standard InChI is InChI=1S/C17H29N3O4/c1-3-24-17(23)14-7-5-8-19(11-14)12(2)16(22)20-9-4-6-13(10-20)15(18)21/h12-14H,3-11H2,1-2H3,(H2,18,21)/t12-,13-,14+/m0/s1. The molecule has 3 atom stereocenters. The average Bonchev–Trinajstić information content (AvgIpc) is 2.60. The number of carbonyl (C=O) groups is 3. The summed E-state index contributed by atoms with van der Waals surface area (Å²) in [6, 6.07) is -0.297. The van der Waals surface area contributed by atoms with Gasteiger partial charge in [0.15, 0.2) is 0 Å². The van der Waals surface area contributed by atoms with E-state index < -0.39 is 0 Å². The molecule has 0 aromatic rings. The summed E-state index contributed by atoms with van der Waals surface area (Å²) in [5.41, 5.74) is 5.39. The summed E-state index contributed by atoms with van der Waals surface area (Å²) in [6.45, 7) is 6.50. The predicted octanol–water partition coefficient (Wildman–Crippen LogP) is 0.374. The fourth-order valence-corrected chi connectivity index (χ4v) is 3.64. The van der Waals surface area contributed by atoms with Gasteiger partial charge in [-0.15, -0.1) is 0 Å². The maximum Gasteiger partial charge on any atom is 0.310 e. The van der Waals surface area contributed by atoms with Crippen molar-refractivity contribution in [3.63, 3.8) is 0 Å². The molecule has 2 N–H and O–H groups in total. The number of ether oxygens (including phenoxy) is 1. The maximum absolute atomic E-state index is 12.8. The van der Waals surface area contributed by atoms with Gasteiger partial charge in [-0.2, -0.15) is 0 Å². The molecule has 0 spiro atoms. The molecular weight excluding hydrogens is 310 g/mol. The van der Waals surface area contributed by atoms with Gasteiger partial charge in [0.25, 0.3) is 0 Å². The Morgan fingerprint density at radius 3 is 2.46 bits per heavy atom. The minimum Gasteiger partial charge on any atom is -0.466 e. The zero-order chi connectivity index (χ0) is 17.7. The number of likely N-dealkylation sites (tertiary alicyclic amines) is 2. The summed E-state index contributed by atoms with van der Waals surface area (Å²) in [5, 5.41) is 0. The third kappa shape index (κ3) is 4.47. The number of hydrogen-bond acceptors (Lipinski definition) is 5. The van der Waals surface area contributed by atoms with Crippen molar-refractivity contribution in [1.29, 1.82) is 0 Å². The van der Waals surface area contributed by atoms with Crippen LogP contribution in [-0.2, 0) is 19.1 Å². The third-order valence-corrected chi connectivity index (χ3v) is 5.11. The molecule has 2 amide bonds. The van der Waals surface area contributed by atoms with Crippen LogP contribution in [0.2, 0.25) is 0 Å². The van der Waals surface area contributed by atoms with E-state index in [1.54, 1.807) is 11.8 Å². The van der Waals surface area contributed by atoms with E-state index >= 15 is 0 Å². The molecule has 0 aliphatic carbocycles. The quantitative estimate of drug-likeness (QED) is 0.731. The van der Waals surface area contributed by atoms with Crippen LogP contribution in [0.25, 0.3) is 0 Å². The van der Waals surface area contributed by atoms with Gasteiger partial charge < -0.3 is 15.4 Å². The molecule has 0 unspecified atom stereocenters. The van der Waals surface area contributed by atoms with Crippen LogP contribution in [0.3, 0.4) is 0 Å². The summed E-state index contributed by atoms with van der Waals surface area (Å²) in [4.78, 5) is 39.9. The number of amides is 2. The summed E-state index contributed by atoms with van der Waals surface area (Å²) < 4.78 is 5.11. The van der Waals surface area contributed by atoms with E-state index in [0.717, 1.165) is 32.2 Å². The predicted molar refractivity (Wildman–Crippen MR) is 88.9 cm³/mol. The molecular formula is C17H29N3O4. The van der Waals surface area contributed by atoms with Crippen molar-refractivity contribution in [1.82, 2.24) is 9.80 Å². The fraction of sp³-hybridized carbons (Fsp3) is 0.824. The van der Waals surface area contributed by atoms with E-state index in [2.05, 4.69) is 4.90 Å². The second kappa shape index (κ2) is 8.46. The molecule has 24 heavy (non-hydrogen) atoms. The lowest BCUT2D eigenvalue weighted by Gasteiger charge is -2.39. The molecule has 2 aliphatic rings. The summed E-state index contributed by atoms with van der Waals surface area (Å²) >= 11 is 0. The Bertz CT molecular complexity index is 482. The number of nitrogens with two attached hydrogens (primary N) is 1. The molecule has 2 saturated heterocycles. The second-order valence-electron chi connectivity index (χ2n) is 6.79. The SMILES string of the molecule is CCOC(=O)[C@@H]1CCCN([C@@H](C)C(=O)N2CCC[C@H](C(N)=O)C2)C1. The van der Waals surface area contributed by atoms with Gasteiger partial charge in [0.2, 0.25) is 11.8 Å². The van der Waals surface area contributed by atoms with Crippen LogP contribution in [0.5, 0.6) is 0 Å². The van der Waals surface area contributed by atoms with Crippen molar-refractivity contribution in [3.05, 3.63) is 0 Å². The van der Waals surface area contributed by atoms with Gasteiger partial charge in [0, 0.05) is 19.6 Å². The molecule has 0 aromatic carbocycles. The molecule has 2 aliphatic heterocycles.